The van der Waals surface area contributed by atoms with E-state index in [0.29, 0.717) is 12.5 Å². The number of hydrogen-bond donors (Lipinski definition) is 1. The SMILES string of the molecule is O=C(O)CN(CC1CC1)c1nccn(C2CC2)c1=O. The Kier molecular flexibility index (Phi) is 3.00. The summed E-state index contributed by atoms with van der Waals surface area (Å²) in [5.74, 6) is -0.137. The summed E-state index contributed by atoms with van der Waals surface area (Å²) in [7, 11) is 0. The van der Waals surface area contributed by atoms with Gasteiger partial charge in [-0.1, -0.05) is 0 Å². The third-order valence-electron chi connectivity index (χ3n) is 3.59. The molecule has 2 aliphatic rings. The van der Waals surface area contributed by atoms with E-state index in [2.05, 4.69) is 4.98 Å². The molecule has 0 bridgehead atoms. The molecule has 6 heteroatoms. The lowest BCUT2D eigenvalue weighted by Crippen LogP contribution is -2.38. The highest BCUT2D eigenvalue weighted by molar-refractivity contribution is 5.73. The zero-order valence-corrected chi connectivity index (χ0v) is 10.7. The van der Waals surface area contributed by atoms with E-state index in [1.165, 1.54) is 0 Å². The van der Waals surface area contributed by atoms with Crippen molar-refractivity contribution < 1.29 is 9.90 Å². The molecule has 2 saturated carbocycles. The highest BCUT2D eigenvalue weighted by atomic mass is 16.4. The molecule has 3 rings (SSSR count). The van der Waals surface area contributed by atoms with Gasteiger partial charge in [0.05, 0.1) is 0 Å². The van der Waals surface area contributed by atoms with Crippen LogP contribution in [0.2, 0.25) is 0 Å². The van der Waals surface area contributed by atoms with E-state index in [4.69, 9.17) is 5.11 Å². The molecule has 19 heavy (non-hydrogen) atoms. The van der Waals surface area contributed by atoms with Crippen molar-refractivity contribution in [1.29, 1.82) is 0 Å². The Hall–Kier alpha value is -1.85. The van der Waals surface area contributed by atoms with Crippen molar-refractivity contribution in [3.05, 3.63) is 22.7 Å². The zero-order valence-electron chi connectivity index (χ0n) is 10.7. The number of rotatable bonds is 6. The standard InChI is InChI=1S/C13H17N3O3/c17-11(18)8-15(7-9-1-2-9)12-13(19)16(6-5-14-12)10-3-4-10/h5-6,9-10H,1-4,7-8H2,(H,17,18). The van der Waals surface area contributed by atoms with Crippen LogP contribution in [0.5, 0.6) is 0 Å². The Balaban J connectivity index is 1.89. The minimum Gasteiger partial charge on any atom is -0.480 e. The van der Waals surface area contributed by atoms with Crippen LogP contribution in [0.25, 0.3) is 0 Å². The minimum atomic E-state index is -0.927. The molecular weight excluding hydrogens is 246 g/mol. The van der Waals surface area contributed by atoms with E-state index >= 15 is 0 Å². The highest BCUT2D eigenvalue weighted by Gasteiger charge is 2.30. The van der Waals surface area contributed by atoms with Gasteiger partial charge in [-0.25, -0.2) is 4.98 Å². The Labute approximate surface area is 110 Å². The van der Waals surface area contributed by atoms with Gasteiger partial charge in [-0.15, -0.1) is 0 Å². The first kappa shape index (κ1) is 12.2. The van der Waals surface area contributed by atoms with Crippen molar-refractivity contribution >= 4 is 11.8 Å². The summed E-state index contributed by atoms with van der Waals surface area (Å²) in [5, 5.41) is 8.98. The first-order valence-corrected chi connectivity index (χ1v) is 6.69. The van der Waals surface area contributed by atoms with Crippen LogP contribution in [0.3, 0.4) is 0 Å². The average Bonchev–Trinajstić information content (AvgIpc) is 3.22. The van der Waals surface area contributed by atoms with Gasteiger partial charge >= 0.3 is 5.97 Å². The minimum absolute atomic E-state index is 0.159. The lowest BCUT2D eigenvalue weighted by molar-refractivity contribution is -0.135. The van der Waals surface area contributed by atoms with E-state index in [9.17, 15) is 9.59 Å². The molecule has 1 N–H and O–H groups in total. The Morgan fingerprint density at radius 1 is 1.42 bits per heavy atom. The molecule has 1 aromatic rings. The van der Waals surface area contributed by atoms with Crippen molar-refractivity contribution in [3.8, 4) is 0 Å². The molecule has 2 aliphatic carbocycles. The topological polar surface area (TPSA) is 75.4 Å². The molecule has 1 heterocycles. The van der Waals surface area contributed by atoms with Crippen molar-refractivity contribution in [2.75, 3.05) is 18.0 Å². The third kappa shape index (κ3) is 2.77. The molecule has 0 amide bonds. The molecule has 1 aromatic heterocycles. The monoisotopic (exact) mass is 263 g/mol. The number of carboxylic acids is 1. The molecule has 2 fully saturated rings. The summed E-state index contributed by atoms with van der Waals surface area (Å²) in [5.41, 5.74) is -0.160. The maximum atomic E-state index is 12.3. The predicted octanol–water partition coefficient (Wildman–Crippen LogP) is 0.879. The molecule has 0 unspecified atom stereocenters. The van der Waals surface area contributed by atoms with Crippen LogP contribution in [-0.2, 0) is 4.79 Å². The van der Waals surface area contributed by atoms with Crippen molar-refractivity contribution in [2.45, 2.75) is 31.7 Å². The molecule has 0 radical (unpaired) electrons. The molecule has 0 spiro atoms. The van der Waals surface area contributed by atoms with Crippen molar-refractivity contribution in [1.82, 2.24) is 9.55 Å². The summed E-state index contributed by atoms with van der Waals surface area (Å²) in [6.45, 7) is 0.455. The molecule has 0 aliphatic heterocycles. The molecule has 0 saturated heterocycles. The lowest BCUT2D eigenvalue weighted by Gasteiger charge is -2.21. The third-order valence-corrected chi connectivity index (χ3v) is 3.59. The Morgan fingerprint density at radius 3 is 2.74 bits per heavy atom. The average molecular weight is 263 g/mol. The smallest absolute Gasteiger partial charge is 0.323 e. The number of aromatic nitrogens is 2. The quantitative estimate of drug-likeness (QED) is 0.824. The zero-order chi connectivity index (χ0) is 13.4. The normalized spacial score (nSPS) is 18.3. The van der Waals surface area contributed by atoms with Gasteiger partial charge in [0.1, 0.15) is 6.54 Å². The second-order valence-electron chi connectivity index (χ2n) is 5.41. The van der Waals surface area contributed by atoms with Crippen LogP contribution in [-0.4, -0.2) is 33.7 Å². The van der Waals surface area contributed by atoms with Crippen LogP contribution < -0.4 is 10.5 Å². The van der Waals surface area contributed by atoms with Crippen molar-refractivity contribution in [2.24, 2.45) is 5.92 Å². The maximum Gasteiger partial charge on any atom is 0.323 e. The Morgan fingerprint density at radius 2 is 2.16 bits per heavy atom. The van der Waals surface area contributed by atoms with E-state index < -0.39 is 5.97 Å². The number of carbonyl (C=O) groups is 1. The molecular formula is C13H17N3O3. The fourth-order valence-electron chi connectivity index (χ4n) is 2.27. The fraction of sp³-hybridized carbons (Fsp3) is 0.615. The van der Waals surface area contributed by atoms with E-state index in [0.717, 1.165) is 25.7 Å². The summed E-state index contributed by atoms with van der Waals surface area (Å²) in [6, 6.07) is 0.279. The first-order valence-electron chi connectivity index (χ1n) is 6.69. The maximum absolute atomic E-state index is 12.3. The summed E-state index contributed by atoms with van der Waals surface area (Å²) < 4.78 is 1.68. The van der Waals surface area contributed by atoms with Crippen LogP contribution >= 0.6 is 0 Å². The van der Waals surface area contributed by atoms with Gasteiger partial charge in [0, 0.05) is 25.0 Å². The number of hydrogen-bond acceptors (Lipinski definition) is 4. The number of nitrogens with zero attached hydrogens (tertiary/aromatic N) is 3. The highest BCUT2D eigenvalue weighted by Crippen LogP contribution is 2.34. The van der Waals surface area contributed by atoms with Gasteiger partial charge in [-0.2, -0.15) is 0 Å². The van der Waals surface area contributed by atoms with Crippen LogP contribution in [0.1, 0.15) is 31.7 Å². The van der Waals surface area contributed by atoms with Crippen LogP contribution in [0, 0.1) is 5.92 Å². The van der Waals surface area contributed by atoms with E-state index in [-0.39, 0.29) is 24.0 Å². The number of carboxylic acid groups (broad SMARTS) is 1. The van der Waals surface area contributed by atoms with E-state index in [1.54, 1.807) is 21.9 Å². The molecule has 0 aromatic carbocycles. The molecule has 0 atom stereocenters. The number of anilines is 1. The van der Waals surface area contributed by atoms with E-state index in [1.807, 2.05) is 0 Å². The second kappa shape index (κ2) is 4.68. The number of aliphatic carboxylic acids is 1. The summed E-state index contributed by atoms with van der Waals surface area (Å²) in [4.78, 5) is 29.0. The van der Waals surface area contributed by atoms with Gasteiger partial charge in [0.25, 0.3) is 5.56 Å². The molecule has 6 nitrogen and oxygen atoms in total. The van der Waals surface area contributed by atoms with Gasteiger partial charge in [-0.3, -0.25) is 9.59 Å². The Bertz CT molecular complexity index is 546. The van der Waals surface area contributed by atoms with Crippen molar-refractivity contribution in [3.63, 3.8) is 0 Å². The molecule has 102 valence electrons. The van der Waals surface area contributed by atoms with Gasteiger partial charge in [-0.05, 0) is 31.6 Å². The lowest BCUT2D eigenvalue weighted by atomic mass is 10.3. The van der Waals surface area contributed by atoms with Gasteiger partial charge in [0.15, 0.2) is 5.82 Å². The largest absolute Gasteiger partial charge is 0.480 e. The predicted molar refractivity (Wildman–Crippen MR) is 69.3 cm³/mol. The van der Waals surface area contributed by atoms with Crippen LogP contribution in [0.4, 0.5) is 5.82 Å². The second-order valence-corrected chi connectivity index (χ2v) is 5.41. The van der Waals surface area contributed by atoms with Crippen LogP contribution in [0.15, 0.2) is 17.2 Å². The van der Waals surface area contributed by atoms with Gasteiger partial charge < -0.3 is 14.6 Å². The summed E-state index contributed by atoms with van der Waals surface area (Å²) in [6.07, 6.45) is 7.55. The van der Waals surface area contributed by atoms with Gasteiger partial charge in [0.2, 0.25) is 0 Å². The summed E-state index contributed by atoms with van der Waals surface area (Å²) >= 11 is 0. The first-order chi connectivity index (χ1) is 9.15. The fourth-order valence-corrected chi connectivity index (χ4v) is 2.27.